The van der Waals surface area contributed by atoms with Gasteiger partial charge in [-0.3, -0.25) is 4.98 Å². The maximum Gasteiger partial charge on any atom is 0.415 e. The van der Waals surface area contributed by atoms with Crippen LogP contribution in [-0.4, -0.2) is 14.5 Å². The van der Waals surface area contributed by atoms with E-state index in [1.54, 1.807) is 6.20 Å². The van der Waals surface area contributed by atoms with Gasteiger partial charge in [0.15, 0.2) is 0 Å². The summed E-state index contributed by atoms with van der Waals surface area (Å²) in [7, 11) is 0. The normalized spacial score (nSPS) is 11.2. The molecule has 0 aliphatic carbocycles. The maximum atomic E-state index is 13.7. The number of aryl methyl sites for hydroxylation is 1. The predicted octanol–water partition coefficient (Wildman–Crippen LogP) is 12.4. The quantitative estimate of drug-likeness (QED) is 0.162. The van der Waals surface area contributed by atoms with Crippen LogP contribution in [0.15, 0.2) is 168 Å². The van der Waals surface area contributed by atoms with E-state index >= 15 is 0 Å². The molecule has 0 atom stereocenters. The number of hydrogen-bond donors (Lipinski definition) is 0. The van der Waals surface area contributed by atoms with E-state index in [1.807, 2.05) is 108 Å². The summed E-state index contributed by atoms with van der Waals surface area (Å²) in [5.41, 5.74) is 9.34. The standard InChI is InChI=1S/C35H22F3N2O.C11H8N.Ir/c1-22-18-26(23-10-4-2-5-11-23)33(27(19-22)24-12-6-3-7-13-24)40-31-15-9-8-14-30(31)39-34(40)29-21-41-32-17-16-25(20-28(29)32)35(36,37)38;1-2-6-10(7-3-1)11-8-4-5-9-12-11;/h2-20H,1H3;1-6,8-9H;/q2*-1;. The molecule has 0 saturated heterocycles. The van der Waals surface area contributed by atoms with Crippen molar-refractivity contribution >= 4 is 22.0 Å². The van der Waals surface area contributed by atoms with Gasteiger partial charge in [-0.15, -0.1) is 35.9 Å². The Balaban J connectivity index is 0.000000294. The van der Waals surface area contributed by atoms with Crippen molar-refractivity contribution in [2.75, 3.05) is 0 Å². The number of nitrogens with zero attached hydrogens (tertiary/aromatic N) is 3. The van der Waals surface area contributed by atoms with Crippen molar-refractivity contribution in [3.8, 4) is 50.6 Å². The molecule has 0 bridgehead atoms. The van der Waals surface area contributed by atoms with Gasteiger partial charge in [-0.05, 0) is 59.6 Å². The van der Waals surface area contributed by atoms with Crippen LogP contribution in [0.4, 0.5) is 13.2 Å². The van der Waals surface area contributed by atoms with Crippen molar-refractivity contribution in [3.05, 3.63) is 187 Å². The van der Waals surface area contributed by atoms with E-state index < -0.39 is 11.7 Å². The zero-order valence-electron chi connectivity index (χ0n) is 28.8. The van der Waals surface area contributed by atoms with E-state index in [2.05, 4.69) is 60.6 Å². The topological polar surface area (TPSA) is 43.9 Å². The summed E-state index contributed by atoms with van der Waals surface area (Å²) in [6.07, 6.45) is 0.173. The van der Waals surface area contributed by atoms with Crippen LogP contribution in [0.5, 0.6) is 0 Å². The Morgan fingerprint density at radius 3 is 1.96 bits per heavy atom. The van der Waals surface area contributed by atoms with E-state index in [1.165, 1.54) is 6.07 Å². The van der Waals surface area contributed by atoms with Crippen LogP contribution in [-0.2, 0) is 26.3 Å². The fourth-order valence-corrected chi connectivity index (χ4v) is 6.51. The number of hydrogen-bond acceptors (Lipinski definition) is 3. The van der Waals surface area contributed by atoms with Crippen molar-refractivity contribution in [2.24, 2.45) is 0 Å². The van der Waals surface area contributed by atoms with Gasteiger partial charge >= 0.3 is 6.18 Å². The molecule has 0 aliphatic heterocycles. The van der Waals surface area contributed by atoms with Crippen LogP contribution in [0.25, 0.3) is 72.6 Å². The fraction of sp³-hybridized carbons (Fsp3) is 0.0435. The fourth-order valence-electron chi connectivity index (χ4n) is 6.51. The number of fused-ring (bicyclic) bond motifs is 2. The van der Waals surface area contributed by atoms with Crippen molar-refractivity contribution in [2.45, 2.75) is 13.1 Å². The molecule has 8 heteroatoms. The zero-order chi connectivity index (χ0) is 36.4. The number of benzene rings is 6. The van der Waals surface area contributed by atoms with Gasteiger partial charge in [0.2, 0.25) is 0 Å². The van der Waals surface area contributed by atoms with Gasteiger partial charge < -0.3 is 14.0 Å². The Morgan fingerprint density at radius 1 is 0.685 bits per heavy atom. The summed E-state index contributed by atoms with van der Waals surface area (Å²) < 4.78 is 48.9. The third-order valence-electron chi connectivity index (χ3n) is 8.92. The van der Waals surface area contributed by atoms with Gasteiger partial charge in [0.1, 0.15) is 0 Å². The Morgan fingerprint density at radius 2 is 1.33 bits per heavy atom. The average molecular weight is 890 g/mol. The molecule has 0 amide bonds. The molecule has 4 nitrogen and oxygen atoms in total. The van der Waals surface area contributed by atoms with Crippen LogP contribution < -0.4 is 0 Å². The van der Waals surface area contributed by atoms with Gasteiger partial charge in [-0.2, -0.15) is 13.2 Å². The maximum absolute atomic E-state index is 13.7. The molecule has 3 aromatic heterocycles. The smallest absolute Gasteiger partial charge is 0.415 e. The molecule has 0 spiro atoms. The van der Waals surface area contributed by atoms with E-state index in [0.717, 1.165) is 62.4 Å². The summed E-state index contributed by atoms with van der Waals surface area (Å²) in [6, 6.07) is 52.4. The molecule has 9 rings (SSSR count). The minimum absolute atomic E-state index is 0. The minimum Gasteiger partial charge on any atom is -0.557 e. The Labute approximate surface area is 324 Å². The van der Waals surface area contributed by atoms with Gasteiger partial charge in [-0.1, -0.05) is 114 Å². The van der Waals surface area contributed by atoms with Crippen LogP contribution in [0, 0.1) is 19.3 Å². The Hall–Kier alpha value is -6.08. The molecule has 0 saturated carbocycles. The van der Waals surface area contributed by atoms with Crippen LogP contribution in [0.1, 0.15) is 11.1 Å². The SMILES string of the molecule is Cc1cc(-c2ccccc2)c(-n2c(-c3[c-]oc4ccc(C(F)(F)F)cc34)nc3ccccc32)c(-c2ccccc2)c1.[Ir].[c-]1ccccc1-c1ccccn1. The molecule has 0 unspecified atom stereocenters. The molecule has 0 fully saturated rings. The molecule has 6 aromatic carbocycles. The van der Waals surface area contributed by atoms with E-state index in [-0.39, 0.29) is 20.1 Å². The second-order valence-electron chi connectivity index (χ2n) is 12.5. The molecule has 0 N–H and O–H groups in total. The van der Waals surface area contributed by atoms with Gasteiger partial charge in [0, 0.05) is 54.8 Å². The van der Waals surface area contributed by atoms with E-state index in [9.17, 15) is 13.2 Å². The van der Waals surface area contributed by atoms with Crippen LogP contribution in [0.3, 0.4) is 0 Å². The third kappa shape index (κ3) is 7.27. The Kier molecular flexibility index (Phi) is 10.4. The predicted molar refractivity (Wildman–Crippen MR) is 204 cm³/mol. The first-order valence-electron chi connectivity index (χ1n) is 17.0. The number of aromatic nitrogens is 3. The van der Waals surface area contributed by atoms with Crippen molar-refractivity contribution in [1.82, 2.24) is 14.5 Å². The number of alkyl halides is 3. The summed E-state index contributed by atoms with van der Waals surface area (Å²) in [5, 5.41) is 0.297. The Bertz CT molecular complexity index is 2560. The zero-order valence-corrected chi connectivity index (χ0v) is 31.2. The largest absolute Gasteiger partial charge is 0.557 e. The minimum atomic E-state index is -4.50. The first-order valence-corrected chi connectivity index (χ1v) is 17.0. The van der Waals surface area contributed by atoms with Gasteiger partial charge in [0.05, 0.1) is 22.5 Å². The molecule has 1 radical (unpaired) electrons. The average Bonchev–Trinajstić information content (AvgIpc) is 3.80. The number of para-hydroxylation sites is 2. The number of imidazole rings is 1. The molecule has 0 aliphatic rings. The summed E-state index contributed by atoms with van der Waals surface area (Å²) in [4.78, 5) is 9.17. The number of furan rings is 1. The van der Waals surface area contributed by atoms with Crippen molar-refractivity contribution in [3.63, 3.8) is 0 Å². The summed E-state index contributed by atoms with van der Waals surface area (Å²) in [5.74, 6) is 0.447. The summed E-state index contributed by atoms with van der Waals surface area (Å²) >= 11 is 0. The number of pyridine rings is 1. The molecular weight excluding hydrogens is 860 g/mol. The van der Waals surface area contributed by atoms with Gasteiger partial charge in [-0.25, -0.2) is 0 Å². The third-order valence-corrected chi connectivity index (χ3v) is 8.92. The number of halogens is 3. The first kappa shape index (κ1) is 36.3. The molecule has 9 aromatic rings. The second-order valence-corrected chi connectivity index (χ2v) is 12.5. The molecule has 3 heterocycles. The van der Waals surface area contributed by atoms with Crippen LogP contribution >= 0.6 is 0 Å². The monoisotopic (exact) mass is 890 g/mol. The molecule has 267 valence electrons. The van der Waals surface area contributed by atoms with Crippen molar-refractivity contribution < 1.29 is 37.7 Å². The van der Waals surface area contributed by atoms with E-state index in [4.69, 9.17) is 9.40 Å². The van der Waals surface area contributed by atoms with Crippen LogP contribution in [0.2, 0.25) is 0 Å². The molecular formula is C46H30F3IrN3O-2. The van der Waals surface area contributed by atoms with E-state index in [0.29, 0.717) is 27.9 Å². The molecule has 54 heavy (non-hydrogen) atoms. The van der Waals surface area contributed by atoms with Gasteiger partial charge in [0.25, 0.3) is 0 Å². The first-order chi connectivity index (χ1) is 25.8. The number of rotatable bonds is 5. The van der Waals surface area contributed by atoms with Crippen molar-refractivity contribution in [1.29, 1.82) is 0 Å². The summed E-state index contributed by atoms with van der Waals surface area (Å²) in [6.45, 7) is 2.06. The second kappa shape index (κ2) is 15.5.